The Morgan fingerprint density at radius 1 is 0.889 bits per heavy atom. The Hall–Kier alpha value is -1.76. The van der Waals surface area contributed by atoms with Crippen LogP contribution < -0.4 is 5.73 Å². The van der Waals surface area contributed by atoms with Crippen LogP contribution in [0.4, 0.5) is 5.69 Å². The van der Waals surface area contributed by atoms with Crippen LogP contribution in [-0.4, -0.2) is 0 Å². The van der Waals surface area contributed by atoms with Gasteiger partial charge in [0, 0.05) is 5.69 Å². The minimum atomic E-state index is 0.554. The zero-order valence-corrected chi connectivity index (χ0v) is 11.6. The second kappa shape index (κ2) is 4.85. The lowest BCUT2D eigenvalue weighted by Crippen LogP contribution is -1.95. The minimum absolute atomic E-state index is 0.554. The Labute approximate surface area is 110 Å². The van der Waals surface area contributed by atoms with E-state index in [0.29, 0.717) is 5.92 Å². The van der Waals surface area contributed by atoms with Gasteiger partial charge < -0.3 is 5.73 Å². The predicted octanol–water partition coefficient (Wildman–Crippen LogP) is 4.68. The molecule has 1 nitrogen and oxygen atoms in total. The van der Waals surface area contributed by atoms with Crippen molar-refractivity contribution in [1.82, 2.24) is 0 Å². The highest BCUT2D eigenvalue weighted by Crippen LogP contribution is 2.30. The summed E-state index contributed by atoms with van der Waals surface area (Å²) in [5.41, 5.74) is 13.2. The van der Waals surface area contributed by atoms with Crippen LogP contribution in [0.5, 0.6) is 0 Å². The van der Waals surface area contributed by atoms with Crippen molar-refractivity contribution in [3.05, 3.63) is 53.1 Å². The fourth-order valence-electron chi connectivity index (χ4n) is 2.46. The van der Waals surface area contributed by atoms with E-state index < -0.39 is 0 Å². The molecule has 0 spiro atoms. The number of aryl methyl sites for hydroxylation is 2. The average molecular weight is 239 g/mol. The quantitative estimate of drug-likeness (QED) is 0.757. The van der Waals surface area contributed by atoms with Crippen LogP contribution in [-0.2, 0) is 0 Å². The summed E-state index contributed by atoms with van der Waals surface area (Å²) < 4.78 is 0. The Morgan fingerprint density at radius 2 is 1.50 bits per heavy atom. The van der Waals surface area contributed by atoms with E-state index in [-0.39, 0.29) is 0 Å². The molecule has 2 aromatic carbocycles. The Kier molecular flexibility index (Phi) is 3.42. The van der Waals surface area contributed by atoms with Crippen molar-refractivity contribution in [2.24, 2.45) is 0 Å². The van der Waals surface area contributed by atoms with Crippen LogP contribution in [0.25, 0.3) is 11.1 Å². The van der Waals surface area contributed by atoms with Crippen LogP contribution in [0.2, 0.25) is 0 Å². The smallest absolute Gasteiger partial charge is 0.0314 e. The first-order valence-electron chi connectivity index (χ1n) is 6.46. The first kappa shape index (κ1) is 12.7. The first-order valence-corrected chi connectivity index (χ1v) is 6.46. The van der Waals surface area contributed by atoms with Gasteiger partial charge in [-0.2, -0.15) is 0 Å². The SMILES string of the molecule is Cc1cc(C)c(C(C)C)cc1-c1ccc(N)cc1. The number of hydrogen-bond donors (Lipinski definition) is 1. The molecule has 0 atom stereocenters. The van der Waals surface area contributed by atoms with Crippen molar-refractivity contribution in [2.75, 3.05) is 5.73 Å². The molecule has 0 radical (unpaired) electrons. The van der Waals surface area contributed by atoms with Gasteiger partial charge in [-0.25, -0.2) is 0 Å². The molecule has 0 aromatic heterocycles. The molecule has 0 aliphatic heterocycles. The van der Waals surface area contributed by atoms with E-state index in [4.69, 9.17) is 5.73 Å². The first-order chi connectivity index (χ1) is 8.49. The van der Waals surface area contributed by atoms with Crippen LogP contribution in [0.1, 0.15) is 36.5 Å². The van der Waals surface area contributed by atoms with Crippen molar-refractivity contribution >= 4 is 5.69 Å². The summed E-state index contributed by atoms with van der Waals surface area (Å²) >= 11 is 0. The molecular weight excluding hydrogens is 218 g/mol. The summed E-state index contributed by atoms with van der Waals surface area (Å²) in [5.74, 6) is 0.554. The number of benzene rings is 2. The van der Waals surface area contributed by atoms with E-state index in [1.807, 2.05) is 12.1 Å². The molecule has 1 heteroatoms. The Balaban J connectivity index is 2.57. The molecule has 0 bridgehead atoms. The third kappa shape index (κ3) is 2.40. The molecule has 0 saturated heterocycles. The molecule has 2 rings (SSSR count). The summed E-state index contributed by atoms with van der Waals surface area (Å²) in [6, 6.07) is 12.7. The standard InChI is InChI=1S/C17H21N/c1-11(2)16-10-17(13(4)9-12(16)3)14-5-7-15(18)8-6-14/h5-11H,18H2,1-4H3. The summed E-state index contributed by atoms with van der Waals surface area (Å²) in [4.78, 5) is 0. The van der Waals surface area contributed by atoms with E-state index in [1.54, 1.807) is 0 Å². The van der Waals surface area contributed by atoms with E-state index in [9.17, 15) is 0 Å². The number of rotatable bonds is 2. The summed E-state index contributed by atoms with van der Waals surface area (Å²) in [6.45, 7) is 8.84. The second-order valence-electron chi connectivity index (χ2n) is 5.30. The topological polar surface area (TPSA) is 26.0 Å². The van der Waals surface area contributed by atoms with Crippen LogP contribution in [0.3, 0.4) is 0 Å². The van der Waals surface area contributed by atoms with Gasteiger partial charge in [-0.05, 0) is 59.7 Å². The molecule has 0 aliphatic rings. The molecule has 0 fully saturated rings. The lowest BCUT2D eigenvalue weighted by Gasteiger charge is -2.15. The number of anilines is 1. The average Bonchev–Trinajstić information content (AvgIpc) is 2.30. The predicted molar refractivity (Wildman–Crippen MR) is 79.9 cm³/mol. The highest BCUT2D eigenvalue weighted by atomic mass is 14.5. The van der Waals surface area contributed by atoms with Gasteiger partial charge in [0.1, 0.15) is 0 Å². The second-order valence-corrected chi connectivity index (χ2v) is 5.30. The van der Waals surface area contributed by atoms with Gasteiger partial charge in [0.05, 0.1) is 0 Å². The van der Waals surface area contributed by atoms with Gasteiger partial charge in [0.2, 0.25) is 0 Å². The molecular formula is C17H21N. The number of hydrogen-bond acceptors (Lipinski definition) is 1. The molecule has 0 saturated carbocycles. The van der Waals surface area contributed by atoms with Crippen molar-refractivity contribution in [3.63, 3.8) is 0 Å². The maximum absolute atomic E-state index is 5.75. The molecule has 0 heterocycles. The molecule has 0 amide bonds. The van der Waals surface area contributed by atoms with Crippen LogP contribution in [0, 0.1) is 13.8 Å². The maximum Gasteiger partial charge on any atom is 0.0314 e. The monoisotopic (exact) mass is 239 g/mol. The lowest BCUT2D eigenvalue weighted by atomic mass is 9.90. The number of nitrogens with two attached hydrogens (primary N) is 1. The van der Waals surface area contributed by atoms with Gasteiger partial charge >= 0.3 is 0 Å². The molecule has 2 aromatic rings. The normalized spacial score (nSPS) is 10.9. The molecule has 94 valence electrons. The third-order valence-corrected chi connectivity index (χ3v) is 3.46. The highest BCUT2D eigenvalue weighted by molar-refractivity contribution is 5.70. The summed E-state index contributed by atoms with van der Waals surface area (Å²) in [6.07, 6.45) is 0. The van der Waals surface area contributed by atoms with E-state index in [1.165, 1.54) is 27.8 Å². The maximum atomic E-state index is 5.75. The fourth-order valence-corrected chi connectivity index (χ4v) is 2.46. The third-order valence-electron chi connectivity index (χ3n) is 3.46. The molecule has 0 unspecified atom stereocenters. The van der Waals surface area contributed by atoms with Gasteiger partial charge in [0.15, 0.2) is 0 Å². The van der Waals surface area contributed by atoms with Crippen molar-refractivity contribution in [2.45, 2.75) is 33.6 Å². The highest BCUT2D eigenvalue weighted by Gasteiger charge is 2.09. The fraction of sp³-hybridized carbons (Fsp3) is 0.294. The largest absolute Gasteiger partial charge is 0.399 e. The van der Waals surface area contributed by atoms with E-state index >= 15 is 0 Å². The van der Waals surface area contributed by atoms with Gasteiger partial charge in [-0.15, -0.1) is 0 Å². The lowest BCUT2D eigenvalue weighted by molar-refractivity contribution is 0.856. The zero-order chi connectivity index (χ0) is 13.3. The van der Waals surface area contributed by atoms with E-state index in [2.05, 4.69) is 52.0 Å². The summed E-state index contributed by atoms with van der Waals surface area (Å²) in [7, 11) is 0. The Bertz CT molecular complexity index is 551. The van der Waals surface area contributed by atoms with Gasteiger partial charge in [-0.1, -0.05) is 38.1 Å². The van der Waals surface area contributed by atoms with E-state index in [0.717, 1.165) is 5.69 Å². The van der Waals surface area contributed by atoms with Crippen LogP contribution >= 0.6 is 0 Å². The van der Waals surface area contributed by atoms with Crippen LogP contribution in [0.15, 0.2) is 36.4 Å². The van der Waals surface area contributed by atoms with Crippen molar-refractivity contribution < 1.29 is 0 Å². The molecule has 18 heavy (non-hydrogen) atoms. The minimum Gasteiger partial charge on any atom is -0.399 e. The van der Waals surface area contributed by atoms with Crippen molar-refractivity contribution in [1.29, 1.82) is 0 Å². The zero-order valence-electron chi connectivity index (χ0n) is 11.6. The number of nitrogen functional groups attached to an aromatic ring is 1. The molecule has 0 aliphatic carbocycles. The van der Waals surface area contributed by atoms with Crippen molar-refractivity contribution in [3.8, 4) is 11.1 Å². The van der Waals surface area contributed by atoms with Gasteiger partial charge in [-0.3, -0.25) is 0 Å². The Morgan fingerprint density at radius 3 is 2.06 bits per heavy atom. The van der Waals surface area contributed by atoms with Gasteiger partial charge in [0.25, 0.3) is 0 Å². The molecule has 2 N–H and O–H groups in total. The summed E-state index contributed by atoms with van der Waals surface area (Å²) in [5, 5.41) is 0.